The standard InChI is InChI=1S/C17H22N2O4/c1-21-13-9-7-12(8-10-13)19-15-6-4-5-14(17(15)23-3)18-11-16(20)22-2/h7-10,19H,4-6,11H2,1-3H3. The summed E-state index contributed by atoms with van der Waals surface area (Å²) < 4.78 is 15.3. The highest BCUT2D eigenvalue weighted by atomic mass is 16.5. The van der Waals surface area contributed by atoms with Gasteiger partial charge in [0.05, 0.1) is 32.7 Å². The minimum absolute atomic E-state index is 0.00844. The first kappa shape index (κ1) is 16.9. The molecule has 0 amide bonds. The molecule has 0 unspecified atom stereocenters. The molecule has 0 aromatic heterocycles. The third kappa shape index (κ3) is 4.48. The van der Waals surface area contributed by atoms with E-state index in [9.17, 15) is 4.79 Å². The maximum Gasteiger partial charge on any atom is 0.327 e. The topological polar surface area (TPSA) is 69.2 Å². The van der Waals surface area contributed by atoms with Crippen molar-refractivity contribution in [3.8, 4) is 5.75 Å². The molecule has 0 bridgehead atoms. The molecule has 1 aliphatic carbocycles. The van der Waals surface area contributed by atoms with E-state index in [4.69, 9.17) is 9.47 Å². The highest BCUT2D eigenvalue weighted by Crippen LogP contribution is 2.26. The predicted octanol–water partition coefficient (Wildman–Crippen LogP) is 2.76. The van der Waals surface area contributed by atoms with Gasteiger partial charge in [0.25, 0.3) is 0 Å². The van der Waals surface area contributed by atoms with Crippen LogP contribution in [0.5, 0.6) is 5.75 Å². The second-order valence-corrected chi connectivity index (χ2v) is 5.06. The van der Waals surface area contributed by atoms with Crippen LogP contribution in [0.25, 0.3) is 0 Å². The molecule has 0 radical (unpaired) electrons. The van der Waals surface area contributed by atoms with Crippen LogP contribution in [0.3, 0.4) is 0 Å². The molecule has 23 heavy (non-hydrogen) atoms. The van der Waals surface area contributed by atoms with E-state index in [-0.39, 0.29) is 12.5 Å². The number of hydrogen-bond acceptors (Lipinski definition) is 6. The first-order chi connectivity index (χ1) is 11.2. The monoisotopic (exact) mass is 318 g/mol. The Morgan fingerprint density at radius 2 is 1.87 bits per heavy atom. The number of benzene rings is 1. The zero-order chi connectivity index (χ0) is 16.7. The van der Waals surface area contributed by atoms with Crippen molar-refractivity contribution in [1.82, 2.24) is 0 Å². The Balaban J connectivity index is 2.19. The lowest BCUT2D eigenvalue weighted by Gasteiger charge is -2.22. The fourth-order valence-electron chi connectivity index (χ4n) is 2.42. The van der Waals surface area contributed by atoms with Crippen LogP contribution in [0, 0.1) is 0 Å². The molecule has 0 heterocycles. The van der Waals surface area contributed by atoms with E-state index in [2.05, 4.69) is 15.0 Å². The zero-order valence-corrected chi connectivity index (χ0v) is 13.7. The predicted molar refractivity (Wildman–Crippen MR) is 88.8 cm³/mol. The summed E-state index contributed by atoms with van der Waals surface area (Å²) in [6.07, 6.45) is 2.60. The largest absolute Gasteiger partial charge is 0.497 e. The SMILES string of the molecule is COC(=O)CN=C1CCCC(Nc2ccc(OC)cc2)=C1OC. The summed E-state index contributed by atoms with van der Waals surface area (Å²) in [5, 5.41) is 3.37. The molecule has 6 heteroatoms. The van der Waals surface area contributed by atoms with Crippen molar-refractivity contribution in [3.05, 3.63) is 35.7 Å². The Morgan fingerprint density at radius 1 is 1.13 bits per heavy atom. The quantitative estimate of drug-likeness (QED) is 0.817. The molecule has 1 aliphatic rings. The minimum Gasteiger partial charge on any atom is -0.497 e. The first-order valence-corrected chi connectivity index (χ1v) is 7.46. The van der Waals surface area contributed by atoms with Gasteiger partial charge >= 0.3 is 5.97 Å². The fourth-order valence-corrected chi connectivity index (χ4v) is 2.42. The van der Waals surface area contributed by atoms with Crippen LogP contribution < -0.4 is 10.1 Å². The number of rotatable bonds is 6. The summed E-state index contributed by atoms with van der Waals surface area (Å²) in [5.74, 6) is 1.15. The van der Waals surface area contributed by atoms with Crippen LogP contribution >= 0.6 is 0 Å². The smallest absolute Gasteiger partial charge is 0.327 e. The van der Waals surface area contributed by atoms with Crippen molar-refractivity contribution >= 4 is 17.4 Å². The van der Waals surface area contributed by atoms with Gasteiger partial charge < -0.3 is 19.5 Å². The summed E-state index contributed by atoms with van der Waals surface area (Å²) in [6, 6.07) is 7.67. The van der Waals surface area contributed by atoms with Gasteiger partial charge in [-0.3, -0.25) is 9.79 Å². The molecule has 1 N–H and O–H groups in total. The number of anilines is 1. The second-order valence-electron chi connectivity index (χ2n) is 5.06. The van der Waals surface area contributed by atoms with Gasteiger partial charge in [-0.05, 0) is 43.5 Å². The van der Waals surface area contributed by atoms with Gasteiger partial charge in [0.15, 0.2) is 5.76 Å². The number of hydrogen-bond donors (Lipinski definition) is 1. The van der Waals surface area contributed by atoms with Crippen molar-refractivity contribution in [3.63, 3.8) is 0 Å². The molecule has 2 rings (SSSR count). The normalized spacial score (nSPS) is 16.2. The lowest BCUT2D eigenvalue weighted by molar-refractivity contribution is -0.138. The van der Waals surface area contributed by atoms with Crippen molar-refractivity contribution in [2.45, 2.75) is 19.3 Å². The Bertz CT molecular complexity index is 606. The van der Waals surface area contributed by atoms with Crippen LogP contribution in [-0.4, -0.2) is 39.6 Å². The molecular formula is C17H22N2O4. The average Bonchev–Trinajstić information content (AvgIpc) is 2.60. The number of aliphatic imine (C=N–C) groups is 1. The van der Waals surface area contributed by atoms with Gasteiger partial charge in [0.2, 0.25) is 0 Å². The summed E-state index contributed by atoms with van der Waals surface area (Å²) in [5.41, 5.74) is 2.71. The van der Waals surface area contributed by atoms with E-state index in [1.165, 1.54) is 7.11 Å². The Kier molecular flexibility index (Phi) is 6.02. The maximum atomic E-state index is 11.3. The number of ether oxygens (including phenoxy) is 3. The third-order valence-electron chi connectivity index (χ3n) is 3.59. The molecule has 0 atom stereocenters. The van der Waals surface area contributed by atoms with Crippen molar-refractivity contribution < 1.29 is 19.0 Å². The van der Waals surface area contributed by atoms with Crippen LogP contribution in [0.2, 0.25) is 0 Å². The lowest BCUT2D eigenvalue weighted by atomic mass is 10.00. The summed E-state index contributed by atoms with van der Waals surface area (Å²) in [7, 11) is 4.61. The molecule has 0 aliphatic heterocycles. The number of allylic oxidation sites excluding steroid dienone is 2. The number of methoxy groups -OCH3 is 3. The summed E-state index contributed by atoms with van der Waals surface area (Å²) in [6.45, 7) is 0.00844. The number of carbonyl (C=O) groups excluding carboxylic acids is 1. The summed E-state index contributed by atoms with van der Waals surface area (Å²) in [4.78, 5) is 15.6. The third-order valence-corrected chi connectivity index (χ3v) is 3.59. The number of carbonyl (C=O) groups is 1. The number of nitrogens with one attached hydrogen (secondary N) is 1. The molecule has 0 saturated carbocycles. The van der Waals surface area contributed by atoms with Crippen molar-refractivity contribution in [2.24, 2.45) is 4.99 Å². The van der Waals surface area contributed by atoms with E-state index in [0.717, 1.165) is 42.1 Å². The minimum atomic E-state index is -0.358. The molecule has 0 saturated heterocycles. The van der Waals surface area contributed by atoms with Gasteiger partial charge in [0.1, 0.15) is 12.3 Å². The van der Waals surface area contributed by atoms with Gasteiger partial charge in [-0.25, -0.2) is 0 Å². The maximum absolute atomic E-state index is 11.3. The second kappa shape index (κ2) is 8.22. The van der Waals surface area contributed by atoms with Crippen molar-refractivity contribution in [2.75, 3.05) is 33.2 Å². The van der Waals surface area contributed by atoms with Gasteiger partial charge in [-0.1, -0.05) is 0 Å². The van der Waals surface area contributed by atoms with E-state index < -0.39 is 0 Å². The first-order valence-electron chi connectivity index (χ1n) is 7.46. The molecule has 0 fully saturated rings. The Labute approximate surface area is 136 Å². The molecule has 6 nitrogen and oxygen atoms in total. The average molecular weight is 318 g/mol. The van der Waals surface area contributed by atoms with Crippen LogP contribution in [-0.2, 0) is 14.3 Å². The van der Waals surface area contributed by atoms with E-state index >= 15 is 0 Å². The van der Waals surface area contributed by atoms with Crippen LogP contribution in [0.15, 0.2) is 40.7 Å². The molecule has 1 aromatic carbocycles. The van der Waals surface area contributed by atoms with Crippen molar-refractivity contribution in [1.29, 1.82) is 0 Å². The highest BCUT2D eigenvalue weighted by Gasteiger charge is 2.20. The molecule has 124 valence electrons. The van der Waals surface area contributed by atoms with Crippen LogP contribution in [0.1, 0.15) is 19.3 Å². The number of nitrogens with zero attached hydrogens (tertiary/aromatic N) is 1. The van der Waals surface area contributed by atoms with E-state index in [0.29, 0.717) is 5.76 Å². The molecule has 0 spiro atoms. The van der Waals surface area contributed by atoms with Gasteiger partial charge in [0, 0.05) is 5.69 Å². The zero-order valence-electron chi connectivity index (χ0n) is 13.7. The van der Waals surface area contributed by atoms with Crippen LogP contribution in [0.4, 0.5) is 5.69 Å². The van der Waals surface area contributed by atoms with Gasteiger partial charge in [-0.2, -0.15) is 0 Å². The molecular weight excluding hydrogens is 296 g/mol. The summed E-state index contributed by atoms with van der Waals surface area (Å²) >= 11 is 0. The Morgan fingerprint density at radius 3 is 2.48 bits per heavy atom. The number of esters is 1. The van der Waals surface area contributed by atoms with E-state index in [1.807, 2.05) is 24.3 Å². The molecule has 1 aromatic rings. The fraction of sp³-hybridized carbons (Fsp3) is 0.412. The lowest BCUT2D eigenvalue weighted by Crippen LogP contribution is -2.19. The highest BCUT2D eigenvalue weighted by molar-refractivity contribution is 6.01. The Hall–Kier alpha value is -2.50. The van der Waals surface area contributed by atoms with Gasteiger partial charge in [-0.15, -0.1) is 0 Å². The van der Waals surface area contributed by atoms with E-state index in [1.54, 1.807) is 14.2 Å².